The van der Waals surface area contributed by atoms with E-state index in [1.165, 1.54) is 0 Å². The van der Waals surface area contributed by atoms with Crippen molar-refractivity contribution in [2.75, 3.05) is 0 Å². The van der Waals surface area contributed by atoms with Gasteiger partial charge in [0.1, 0.15) is 0 Å². The van der Waals surface area contributed by atoms with E-state index in [2.05, 4.69) is 41.8 Å². The number of hydrogen-bond donors (Lipinski definition) is 0. The molecule has 9 nitrogen and oxygen atoms in total. The van der Waals surface area contributed by atoms with Crippen molar-refractivity contribution < 1.29 is 35.0 Å². The molecule has 0 aromatic heterocycles. The normalized spacial score (nSPS) is 13.7. The Bertz CT molecular complexity index is 446. The maximum Gasteiger partial charge on any atom is 0.954 e. The van der Waals surface area contributed by atoms with Crippen LogP contribution in [0.2, 0.25) is 0 Å². The van der Waals surface area contributed by atoms with Gasteiger partial charge in [0, 0.05) is 32.0 Å². The first-order valence-corrected chi connectivity index (χ1v) is 10.8. The van der Waals surface area contributed by atoms with Crippen molar-refractivity contribution in [3.63, 3.8) is 0 Å². The molecule has 0 aromatic carbocycles. The fourth-order valence-electron chi connectivity index (χ4n) is 0.330. The molecule has 0 fully saturated rings. The summed E-state index contributed by atoms with van der Waals surface area (Å²) in [5.41, 5.74) is 0. The predicted molar refractivity (Wildman–Crippen MR) is 53.3 cm³/mol. The number of halogens is 3. The van der Waals surface area contributed by atoms with E-state index >= 15 is 0 Å². The Morgan fingerprint density at radius 3 is 0.938 bits per heavy atom. The summed E-state index contributed by atoms with van der Waals surface area (Å²) in [7, 11) is -0.587. The lowest BCUT2D eigenvalue weighted by Crippen LogP contribution is -2.31. The minimum absolute atomic E-state index is 3.69. The molecule has 0 bridgehead atoms. The van der Waals surface area contributed by atoms with Gasteiger partial charge in [-0.3, -0.25) is 0 Å². The molecule has 0 aliphatic rings. The van der Waals surface area contributed by atoms with E-state index in [4.69, 9.17) is 0 Å². The maximum atomic E-state index is 10.4. The quantitative estimate of drug-likeness (QED) is 0.445. The third kappa shape index (κ3) is 11.6. The molecule has 0 rings (SSSR count). The Morgan fingerprint density at radius 2 is 0.812 bits per heavy atom. The first-order valence-electron chi connectivity index (χ1n) is 2.67. The van der Waals surface area contributed by atoms with Gasteiger partial charge in [-0.25, -0.2) is 0 Å². The van der Waals surface area contributed by atoms with Crippen molar-refractivity contribution in [3.05, 3.63) is 0 Å². The Morgan fingerprint density at radius 1 is 0.625 bits per heavy atom. The van der Waals surface area contributed by atoms with E-state index in [1.54, 1.807) is 0 Å². The molecule has 0 heterocycles. The van der Waals surface area contributed by atoms with Crippen LogP contribution in [0.5, 0.6) is 0 Å². The summed E-state index contributed by atoms with van der Waals surface area (Å²) in [4.78, 5) is 0. The molecular formula is AlCl3O9S3. The average Bonchev–Trinajstić information content (AvgIpc) is 1.70. The summed E-state index contributed by atoms with van der Waals surface area (Å²) in [6, 6.07) is 0. The van der Waals surface area contributed by atoms with Crippen molar-refractivity contribution in [3.8, 4) is 0 Å². The summed E-state index contributed by atoms with van der Waals surface area (Å²) in [6.45, 7) is 0. The molecule has 0 aliphatic heterocycles. The second kappa shape index (κ2) is 5.85. The number of hydrogen-bond acceptors (Lipinski definition) is 9. The molecule has 96 valence electrons. The predicted octanol–water partition coefficient (Wildman–Crippen LogP) is -0.528. The maximum absolute atomic E-state index is 10.4. The third-order valence-electron chi connectivity index (χ3n) is 0.581. The van der Waals surface area contributed by atoms with E-state index in [0.717, 1.165) is 0 Å². The van der Waals surface area contributed by atoms with Gasteiger partial charge in [-0.15, -0.1) is 0 Å². The van der Waals surface area contributed by atoms with Crippen LogP contribution in [0.4, 0.5) is 0 Å². The van der Waals surface area contributed by atoms with Crippen LogP contribution >= 0.6 is 32.0 Å². The highest BCUT2D eigenvalue weighted by Crippen LogP contribution is 2.13. The summed E-state index contributed by atoms with van der Waals surface area (Å²) in [5, 5.41) is 0. The second-order valence-electron chi connectivity index (χ2n) is 1.76. The monoisotopic (exact) mass is 372 g/mol. The van der Waals surface area contributed by atoms with E-state index in [1.807, 2.05) is 0 Å². The Hall–Kier alpha value is 1.13. The molecule has 16 heavy (non-hydrogen) atoms. The van der Waals surface area contributed by atoms with Gasteiger partial charge in [-0.2, -0.15) is 25.3 Å². The van der Waals surface area contributed by atoms with Gasteiger partial charge in [-0.05, 0) is 0 Å². The molecular weight excluding hydrogens is 374 g/mol. The zero-order chi connectivity index (χ0) is 13.2. The molecule has 0 spiro atoms. The van der Waals surface area contributed by atoms with Gasteiger partial charge in [-0.1, -0.05) is 0 Å². The molecule has 0 aliphatic carbocycles. The second-order valence-corrected chi connectivity index (χ2v) is 10.4. The molecule has 16 heteroatoms. The van der Waals surface area contributed by atoms with Crippen LogP contribution in [0.3, 0.4) is 0 Å². The summed E-state index contributed by atoms with van der Waals surface area (Å²) < 4.78 is 73.2. The van der Waals surface area contributed by atoms with E-state index in [-0.39, 0.29) is 0 Å². The highest BCUT2D eigenvalue weighted by Gasteiger charge is 2.45. The minimum Gasteiger partial charge on any atom is -0.329 e. The SMILES string of the molecule is O=S(=O)(Cl)[O][Al]([O]S(=O)(=O)Cl)[O]S(=O)(=O)Cl. The molecule has 0 amide bonds. The summed E-state index contributed by atoms with van der Waals surface area (Å²) in [5.74, 6) is 0. The minimum atomic E-state index is -4.73. The fraction of sp³-hybridized carbons (Fsp3) is 0. The van der Waals surface area contributed by atoms with Crippen LogP contribution in [0.1, 0.15) is 0 Å². The van der Waals surface area contributed by atoms with Crippen molar-refractivity contribution in [2.45, 2.75) is 0 Å². The average molecular weight is 374 g/mol. The van der Waals surface area contributed by atoms with Gasteiger partial charge < -0.3 is 9.70 Å². The fourth-order valence-corrected chi connectivity index (χ4v) is 5.44. The molecule has 0 unspecified atom stereocenters. The third-order valence-corrected chi connectivity index (χ3v) is 7.19. The zero-order valence-corrected chi connectivity index (χ0v) is 12.5. The Balaban J connectivity index is 4.93. The molecule has 0 saturated carbocycles. The van der Waals surface area contributed by atoms with Gasteiger partial charge >= 0.3 is 43.1 Å². The van der Waals surface area contributed by atoms with Gasteiger partial charge in [0.15, 0.2) is 0 Å². The van der Waals surface area contributed by atoms with Crippen molar-refractivity contribution >= 4 is 75.2 Å². The molecule has 0 aromatic rings. The first-order chi connectivity index (χ1) is 6.79. The van der Waals surface area contributed by atoms with Crippen molar-refractivity contribution in [1.82, 2.24) is 0 Å². The summed E-state index contributed by atoms with van der Waals surface area (Å²) >= 11 is -4.27. The van der Waals surface area contributed by atoms with Crippen molar-refractivity contribution in [2.24, 2.45) is 0 Å². The molecule has 0 atom stereocenters. The molecule has 0 N–H and O–H groups in total. The van der Waals surface area contributed by atoms with Gasteiger partial charge in [0.2, 0.25) is 0 Å². The first kappa shape index (κ1) is 17.1. The Labute approximate surface area is 109 Å². The number of rotatable bonds is 6. The van der Waals surface area contributed by atoms with E-state index < -0.39 is 43.1 Å². The van der Waals surface area contributed by atoms with Crippen LogP contribution in [0, 0.1) is 0 Å². The van der Waals surface area contributed by atoms with E-state index in [0.29, 0.717) is 0 Å². The zero-order valence-electron chi connectivity index (χ0n) is 6.61. The lowest BCUT2D eigenvalue weighted by Gasteiger charge is -2.05. The largest absolute Gasteiger partial charge is 0.954 e. The van der Waals surface area contributed by atoms with Crippen LogP contribution in [0.25, 0.3) is 0 Å². The Kier molecular flexibility index (Phi) is 6.26. The van der Waals surface area contributed by atoms with Crippen LogP contribution < -0.4 is 0 Å². The highest BCUT2D eigenvalue weighted by molar-refractivity contribution is 8.12. The van der Waals surface area contributed by atoms with Crippen LogP contribution in [-0.2, 0) is 37.7 Å². The summed E-state index contributed by atoms with van der Waals surface area (Å²) in [6.07, 6.45) is 0. The lowest BCUT2D eigenvalue weighted by atomic mass is 15.7. The van der Waals surface area contributed by atoms with Gasteiger partial charge in [0.25, 0.3) is 0 Å². The molecule has 0 saturated heterocycles. The lowest BCUT2D eigenvalue weighted by molar-refractivity contribution is 0.323. The smallest absolute Gasteiger partial charge is 0.329 e. The van der Waals surface area contributed by atoms with Crippen LogP contribution in [0.15, 0.2) is 0 Å². The van der Waals surface area contributed by atoms with Crippen LogP contribution in [-0.4, -0.2) is 40.4 Å². The van der Waals surface area contributed by atoms with Crippen molar-refractivity contribution in [1.29, 1.82) is 0 Å². The highest BCUT2D eigenvalue weighted by atomic mass is 35.7. The topological polar surface area (TPSA) is 130 Å². The molecule has 0 radical (unpaired) electrons. The standard InChI is InChI=1S/Al.3ClHO3S/c;3*1-5(2,3)4/h;3*(H,2,3,4)/q+3;;;/p-3. The van der Waals surface area contributed by atoms with Gasteiger partial charge in [0.05, 0.1) is 0 Å². The van der Waals surface area contributed by atoms with E-state index in [9.17, 15) is 25.3 Å².